The lowest BCUT2D eigenvalue weighted by atomic mass is 10.1. The number of para-hydroxylation sites is 1. The van der Waals surface area contributed by atoms with Crippen LogP contribution in [0.4, 0.5) is 19.0 Å². The number of nitrogens with one attached hydrogen (secondary N) is 2. The lowest BCUT2D eigenvalue weighted by molar-refractivity contribution is -0.143. The molecule has 0 fully saturated rings. The molecule has 0 bridgehead atoms. The summed E-state index contributed by atoms with van der Waals surface area (Å²) in [4.78, 5) is 12.7. The van der Waals surface area contributed by atoms with Crippen LogP contribution in [0.2, 0.25) is 0 Å². The zero-order chi connectivity index (χ0) is 22.9. The topological polar surface area (TPSA) is 84.8 Å². The van der Waals surface area contributed by atoms with Crippen LogP contribution in [0.25, 0.3) is 16.9 Å². The maximum absolute atomic E-state index is 13.8. The van der Waals surface area contributed by atoms with Gasteiger partial charge >= 0.3 is 6.18 Å². The molecule has 4 aromatic rings. The number of hydrogen-bond acceptors (Lipinski definition) is 4. The van der Waals surface area contributed by atoms with Crippen molar-refractivity contribution >= 4 is 11.7 Å². The van der Waals surface area contributed by atoms with Crippen LogP contribution < -0.4 is 10.1 Å². The molecule has 1 amide bonds. The summed E-state index contributed by atoms with van der Waals surface area (Å²) in [6.07, 6.45) is -3.91. The number of halogens is 3. The van der Waals surface area contributed by atoms with E-state index in [9.17, 15) is 18.0 Å². The standard InChI is InChI=1S/C22H18F3N5O2/c1-13-7-9-14(10-8-13)30-20(22(23,24)25)16(12-26-30)21(31)27-19-11-17(28-29-19)15-5-3-4-6-18(15)32-2/h3-12H,1-2H3,(H2,27,28,29,31). The molecule has 0 spiro atoms. The van der Waals surface area contributed by atoms with Crippen LogP contribution in [0.1, 0.15) is 21.6 Å². The number of hydrogen-bond donors (Lipinski definition) is 2. The third-order valence-electron chi connectivity index (χ3n) is 4.78. The third-order valence-corrected chi connectivity index (χ3v) is 4.78. The Hall–Kier alpha value is -4.08. The molecule has 4 rings (SSSR count). The van der Waals surface area contributed by atoms with Crippen LogP contribution in [-0.4, -0.2) is 33.0 Å². The molecule has 0 unspecified atom stereocenters. The average Bonchev–Trinajstić information content (AvgIpc) is 3.41. The second kappa shape index (κ2) is 8.22. The van der Waals surface area contributed by atoms with Crippen molar-refractivity contribution in [2.75, 3.05) is 12.4 Å². The highest BCUT2D eigenvalue weighted by Crippen LogP contribution is 2.34. The number of aromatic amines is 1. The fourth-order valence-corrected chi connectivity index (χ4v) is 3.24. The van der Waals surface area contributed by atoms with Crippen molar-refractivity contribution < 1.29 is 22.7 Å². The number of carbonyl (C=O) groups excluding carboxylic acids is 1. The lowest BCUT2D eigenvalue weighted by Gasteiger charge is -2.12. The predicted octanol–water partition coefficient (Wildman–Crippen LogP) is 4.85. The Bertz CT molecular complexity index is 1260. The summed E-state index contributed by atoms with van der Waals surface area (Å²) in [6, 6.07) is 15.0. The summed E-state index contributed by atoms with van der Waals surface area (Å²) >= 11 is 0. The number of methoxy groups -OCH3 is 1. The van der Waals surface area contributed by atoms with E-state index in [0.717, 1.165) is 11.8 Å². The molecule has 2 N–H and O–H groups in total. The monoisotopic (exact) mass is 441 g/mol. The van der Waals surface area contributed by atoms with Gasteiger partial charge in [0.1, 0.15) is 5.75 Å². The number of benzene rings is 2. The maximum Gasteiger partial charge on any atom is 0.434 e. The van der Waals surface area contributed by atoms with Crippen LogP contribution in [0.15, 0.2) is 60.8 Å². The van der Waals surface area contributed by atoms with Crippen LogP contribution in [0.5, 0.6) is 5.75 Å². The Morgan fingerprint density at radius 2 is 1.84 bits per heavy atom. The van der Waals surface area contributed by atoms with Crippen molar-refractivity contribution in [2.45, 2.75) is 13.1 Å². The number of aromatic nitrogens is 4. The van der Waals surface area contributed by atoms with Crippen molar-refractivity contribution in [1.82, 2.24) is 20.0 Å². The van der Waals surface area contributed by atoms with Gasteiger partial charge in [-0.1, -0.05) is 29.8 Å². The Labute approximate surface area is 180 Å². The Morgan fingerprint density at radius 3 is 2.53 bits per heavy atom. The zero-order valence-electron chi connectivity index (χ0n) is 17.1. The number of nitrogens with zero attached hydrogens (tertiary/aromatic N) is 3. The first-order valence-corrected chi connectivity index (χ1v) is 9.50. The Balaban J connectivity index is 1.65. The van der Waals surface area contributed by atoms with E-state index in [4.69, 9.17) is 4.74 Å². The van der Waals surface area contributed by atoms with E-state index in [-0.39, 0.29) is 11.5 Å². The van der Waals surface area contributed by atoms with Gasteiger partial charge < -0.3 is 10.1 Å². The first-order chi connectivity index (χ1) is 15.3. The summed E-state index contributed by atoms with van der Waals surface area (Å²) in [5.41, 5.74) is 0.520. The van der Waals surface area contributed by atoms with Crippen molar-refractivity contribution in [1.29, 1.82) is 0 Å². The average molecular weight is 441 g/mol. The van der Waals surface area contributed by atoms with Crippen molar-refractivity contribution in [2.24, 2.45) is 0 Å². The first-order valence-electron chi connectivity index (χ1n) is 9.50. The number of rotatable bonds is 5. The van der Waals surface area contributed by atoms with Crippen LogP contribution in [-0.2, 0) is 6.18 Å². The zero-order valence-corrected chi connectivity index (χ0v) is 17.1. The molecule has 0 aliphatic rings. The minimum atomic E-state index is -4.80. The predicted molar refractivity (Wildman–Crippen MR) is 112 cm³/mol. The lowest BCUT2D eigenvalue weighted by Crippen LogP contribution is -2.20. The minimum absolute atomic E-state index is 0.0621. The van der Waals surface area contributed by atoms with E-state index in [1.54, 1.807) is 36.4 Å². The van der Waals surface area contributed by atoms with E-state index in [1.807, 2.05) is 6.92 Å². The fourth-order valence-electron chi connectivity index (χ4n) is 3.24. The van der Waals surface area contributed by atoms with E-state index in [1.165, 1.54) is 25.3 Å². The van der Waals surface area contributed by atoms with E-state index < -0.39 is 23.3 Å². The molecule has 0 aliphatic carbocycles. The number of carbonyl (C=O) groups is 1. The number of aryl methyl sites for hydroxylation is 1. The maximum atomic E-state index is 13.8. The highest BCUT2D eigenvalue weighted by atomic mass is 19.4. The largest absolute Gasteiger partial charge is 0.496 e. The SMILES string of the molecule is COc1ccccc1-c1cc(NC(=O)c2cnn(-c3ccc(C)cc3)c2C(F)(F)F)n[nH]1. The smallest absolute Gasteiger partial charge is 0.434 e. The highest BCUT2D eigenvalue weighted by Gasteiger charge is 2.40. The molecule has 0 aliphatic heterocycles. The molecular formula is C22H18F3N5O2. The van der Waals surface area contributed by atoms with Crippen molar-refractivity contribution in [3.63, 3.8) is 0 Å². The van der Waals surface area contributed by atoms with Gasteiger partial charge in [0.2, 0.25) is 0 Å². The molecule has 164 valence electrons. The Morgan fingerprint density at radius 1 is 1.12 bits per heavy atom. The van der Waals surface area contributed by atoms with Crippen molar-refractivity contribution in [3.8, 4) is 22.7 Å². The van der Waals surface area contributed by atoms with Crippen molar-refractivity contribution in [3.05, 3.63) is 77.6 Å². The second-order valence-corrected chi connectivity index (χ2v) is 6.97. The van der Waals surface area contributed by atoms with Crippen LogP contribution in [0, 0.1) is 6.92 Å². The molecule has 0 saturated heterocycles. The molecule has 0 saturated carbocycles. The molecule has 2 aromatic carbocycles. The van der Waals surface area contributed by atoms with Gasteiger partial charge in [0, 0.05) is 11.6 Å². The minimum Gasteiger partial charge on any atom is -0.496 e. The first kappa shape index (κ1) is 21.2. The fraction of sp³-hybridized carbons (Fsp3) is 0.136. The molecule has 0 radical (unpaired) electrons. The summed E-state index contributed by atoms with van der Waals surface area (Å²) in [5.74, 6) is -0.339. The summed E-state index contributed by atoms with van der Waals surface area (Å²) in [7, 11) is 1.52. The van der Waals surface area contributed by atoms with Crippen LogP contribution in [0.3, 0.4) is 0 Å². The van der Waals surface area contributed by atoms with Gasteiger partial charge in [-0.25, -0.2) is 4.68 Å². The van der Waals surface area contributed by atoms with Gasteiger partial charge in [-0.3, -0.25) is 9.89 Å². The number of amides is 1. The summed E-state index contributed by atoms with van der Waals surface area (Å²) in [6.45, 7) is 1.82. The van der Waals surface area contributed by atoms with E-state index in [2.05, 4.69) is 20.6 Å². The molecule has 7 nitrogen and oxygen atoms in total. The van der Waals surface area contributed by atoms with E-state index in [0.29, 0.717) is 21.7 Å². The third kappa shape index (κ3) is 4.07. The molecule has 0 atom stereocenters. The van der Waals surface area contributed by atoms with Gasteiger partial charge in [-0.2, -0.15) is 23.4 Å². The van der Waals surface area contributed by atoms with Gasteiger partial charge in [0.25, 0.3) is 5.91 Å². The van der Waals surface area contributed by atoms with Gasteiger partial charge in [-0.05, 0) is 31.2 Å². The quantitative estimate of drug-likeness (QED) is 0.464. The van der Waals surface area contributed by atoms with Crippen LogP contribution >= 0.6 is 0 Å². The molecule has 10 heteroatoms. The number of anilines is 1. The molecule has 2 heterocycles. The molecular weight excluding hydrogens is 423 g/mol. The normalized spacial score (nSPS) is 11.4. The van der Waals surface area contributed by atoms with Gasteiger partial charge in [-0.15, -0.1) is 0 Å². The second-order valence-electron chi connectivity index (χ2n) is 6.97. The molecule has 32 heavy (non-hydrogen) atoms. The molecule has 2 aromatic heterocycles. The van der Waals surface area contributed by atoms with Gasteiger partial charge in [0.05, 0.1) is 30.3 Å². The number of alkyl halides is 3. The Kier molecular flexibility index (Phi) is 5.43. The number of H-pyrrole nitrogens is 1. The highest BCUT2D eigenvalue weighted by molar-refractivity contribution is 6.04. The number of ether oxygens (including phenoxy) is 1. The summed E-state index contributed by atoms with van der Waals surface area (Å²) < 4.78 is 47.5. The van der Waals surface area contributed by atoms with Gasteiger partial charge in [0.15, 0.2) is 11.5 Å². The van der Waals surface area contributed by atoms with E-state index >= 15 is 0 Å². The summed E-state index contributed by atoms with van der Waals surface area (Å²) in [5, 5.41) is 12.9.